The Morgan fingerprint density at radius 3 is 2.79 bits per heavy atom. The fourth-order valence-corrected chi connectivity index (χ4v) is 2.68. The molecule has 0 atom stereocenters. The fourth-order valence-electron chi connectivity index (χ4n) is 2.45. The number of aromatic nitrogens is 2. The number of para-hydroxylation sites is 2. The number of nitrogens with one attached hydrogen (secondary N) is 1. The first-order valence-electron chi connectivity index (χ1n) is 7.30. The number of H-pyrrole nitrogens is 1. The Kier molecular flexibility index (Phi) is 4.52. The number of benzene rings is 2. The zero-order valence-electron chi connectivity index (χ0n) is 12.6. The molecule has 0 fully saturated rings. The summed E-state index contributed by atoms with van der Waals surface area (Å²) < 4.78 is 7.19. The highest BCUT2D eigenvalue weighted by Gasteiger charge is 2.10. The van der Waals surface area contributed by atoms with E-state index in [0.29, 0.717) is 25.3 Å². The van der Waals surface area contributed by atoms with Gasteiger partial charge in [-0.1, -0.05) is 23.7 Å². The Balaban J connectivity index is 1.62. The van der Waals surface area contributed by atoms with Crippen molar-refractivity contribution < 1.29 is 9.66 Å². The molecule has 0 radical (unpaired) electrons. The van der Waals surface area contributed by atoms with Gasteiger partial charge in [-0.2, -0.15) is 0 Å². The van der Waals surface area contributed by atoms with Crippen LogP contribution in [0.5, 0.6) is 5.75 Å². The van der Waals surface area contributed by atoms with Crippen LogP contribution in [0.15, 0.2) is 47.3 Å². The highest BCUT2D eigenvalue weighted by atomic mass is 35.5. The quantitative estimate of drug-likeness (QED) is 0.420. The van der Waals surface area contributed by atoms with E-state index in [1.807, 2.05) is 24.3 Å². The molecule has 24 heavy (non-hydrogen) atoms. The molecular weight excluding hydrogens is 334 g/mol. The maximum Gasteiger partial charge on any atom is 0.326 e. The van der Waals surface area contributed by atoms with Gasteiger partial charge in [-0.25, -0.2) is 4.79 Å². The average molecular weight is 348 g/mol. The van der Waals surface area contributed by atoms with Gasteiger partial charge in [-0.05, 0) is 24.6 Å². The van der Waals surface area contributed by atoms with Crippen LogP contribution in [0.2, 0.25) is 5.02 Å². The first kappa shape index (κ1) is 16.1. The largest absolute Gasteiger partial charge is 0.492 e. The summed E-state index contributed by atoms with van der Waals surface area (Å²) in [6.45, 7) is 0.830. The van der Waals surface area contributed by atoms with Gasteiger partial charge in [-0.3, -0.25) is 14.7 Å². The number of nitro benzene ring substituents is 1. The van der Waals surface area contributed by atoms with Gasteiger partial charge in [0.25, 0.3) is 5.69 Å². The molecule has 0 aliphatic rings. The van der Waals surface area contributed by atoms with Crippen molar-refractivity contribution in [2.45, 2.75) is 13.0 Å². The first-order valence-corrected chi connectivity index (χ1v) is 7.68. The predicted octanol–water partition coefficient (Wildman–Crippen LogP) is 3.36. The highest BCUT2D eigenvalue weighted by molar-refractivity contribution is 6.32. The lowest BCUT2D eigenvalue weighted by molar-refractivity contribution is -0.384. The van der Waals surface area contributed by atoms with Crippen LogP contribution >= 0.6 is 11.6 Å². The smallest absolute Gasteiger partial charge is 0.326 e. The molecule has 8 heteroatoms. The minimum Gasteiger partial charge on any atom is -0.492 e. The van der Waals surface area contributed by atoms with Crippen LogP contribution in [0.25, 0.3) is 11.0 Å². The summed E-state index contributed by atoms with van der Waals surface area (Å²) in [4.78, 5) is 24.9. The van der Waals surface area contributed by atoms with E-state index >= 15 is 0 Å². The lowest BCUT2D eigenvalue weighted by Crippen LogP contribution is -2.18. The maximum atomic E-state index is 11.9. The number of imidazole rings is 1. The number of non-ortho nitro benzene ring substituents is 1. The van der Waals surface area contributed by atoms with Crippen molar-refractivity contribution in [2.24, 2.45) is 0 Å². The lowest BCUT2D eigenvalue weighted by Gasteiger charge is -2.08. The molecule has 0 spiro atoms. The van der Waals surface area contributed by atoms with E-state index in [2.05, 4.69) is 4.98 Å². The van der Waals surface area contributed by atoms with Crippen molar-refractivity contribution in [1.82, 2.24) is 9.55 Å². The Hall–Kier alpha value is -2.80. The summed E-state index contributed by atoms with van der Waals surface area (Å²) in [5.41, 5.74) is 1.39. The van der Waals surface area contributed by atoms with Crippen molar-refractivity contribution in [1.29, 1.82) is 0 Å². The third-order valence-electron chi connectivity index (χ3n) is 3.59. The summed E-state index contributed by atoms with van der Waals surface area (Å²) in [7, 11) is 0. The molecule has 1 heterocycles. The number of halogens is 1. The molecule has 0 aliphatic heterocycles. The van der Waals surface area contributed by atoms with Crippen LogP contribution in [0.1, 0.15) is 6.42 Å². The molecule has 7 nitrogen and oxygen atoms in total. The third-order valence-corrected chi connectivity index (χ3v) is 3.89. The number of hydrogen-bond acceptors (Lipinski definition) is 4. The Bertz CT molecular complexity index is 948. The summed E-state index contributed by atoms with van der Waals surface area (Å²) in [5, 5.41) is 10.9. The number of rotatable bonds is 6. The number of aryl methyl sites for hydroxylation is 1. The molecule has 0 unspecified atom stereocenters. The summed E-state index contributed by atoms with van der Waals surface area (Å²) in [6, 6.07) is 11.5. The molecular formula is C16H14ClN3O4. The molecule has 124 valence electrons. The average Bonchev–Trinajstić information content (AvgIpc) is 2.88. The standard InChI is InChI=1S/C16H14ClN3O4/c17-12-10-11(20(22)23)6-7-15(12)24-9-3-8-19-14-5-2-1-4-13(14)18-16(19)21/h1-2,4-7,10H,3,8-9H2,(H,18,21). The van der Waals surface area contributed by atoms with Crippen LogP contribution in [0.3, 0.4) is 0 Å². The second-order valence-corrected chi connectivity index (χ2v) is 5.58. The maximum absolute atomic E-state index is 11.9. The van der Waals surface area contributed by atoms with Gasteiger partial charge in [0.1, 0.15) is 5.75 Å². The van der Waals surface area contributed by atoms with Gasteiger partial charge < -0.3 is 9.72 Å². The number of ether oxygens (including phenoxy) is 1. The van der Waals surface area contributed by atoms with Crippen molar-refractivity contribution >= 4 is 28.3 Å². The Morgan fingerprint density at radius 2 is 2.04 bits per heavy atom. The minimum atomic E-state index is -0.515. The van der Waals surface area contributed by atoms with Gasteiger partial charge in [-0.15, -0.1) is 0 Å². The normalized spacial score (nSPS) is 10.9. The van der Waals surface area contributed by atoms with Gasteiger partial charge in [0.05, 0.1) is 27.6 Å². The molecule has 1 aromatic heterocycles. The molecule has 0 saturated heterocycles. The van der Waals surface area contributed by atoms with Gasteiger partial charge in [0, 0.05) is 18.7 Å². The SMILES string of the molecule is O=c1[nH]c2ccccc2n1CCCOc1ccc([N+](=O)[O-])cc1Cl. The Morgan fingerprint density at radius 1 is 1.25 bits per heavy atom. The van der Waals surface area contributed by atoms with Gasteiger partial charge >= 0.3 is 5.69 Å². The van der Waals surface area contributed by atoms with Crippen molar-refractivity contribution in [3.8, 4) is 5.75 Å². The van der Waals surface area contributed by atoms with Crippen molar-refractivity contribution in [2.75, 3.05) is 6.61 Å². The zero-order valence-corrected chi connectivity index (χ0v) is 13.3. The summed E-state index contributed by atoms with van der Waals surface area (Å²) >= 11 is 5.97. The van der Waals surface area contributed by atoms with Crippen molar-refractivity contribution in [3.05, 3.63) is 68.1 Å². The van der Waals surface area contributed by atoms with E-state index < -0.39 is 4.92 Å². The number of hydrogen-bond donors (Lipinski definition) is 1. The molecule has 2 aromatic carbocycles. The van der Waals surface area contributed by atoms with Crippen LogP contribution in [0.4, 0.5) is 5.69 Å². The Labute approximate surface area is 141 Å². The monoisotopic (exact) mass is 347 g/mol. The summed E-state index contributed by atoms with van der Waals surface area (Å²) in [5.74, 6) is 0.383. The van der Waals surface area contributed by atoms with Crippen molar-refractivity contribution in [3.63, 3.8) is 0 Å². The zero-order chi connectivity index (χ0) is 17.1. The number of aromatic amines is 1. The molecule has 0 saturated carbocycles. The van der Waals surface area contributed by atoms with E-state index in [1.165, 1.54) is 18.2 Å². The second kappa shape index (κ2) is 6.76. The second-order valence-electron chi connectivity index (χ2n) is 5.17. The molecule has 1 N–H and O–H groups in total. The third kappa shape index (κ3) is 3.26. The summed E-state index contributed by atoms with van der Waals surface area (Å²) in [6.07, 6.45) is 0.592. The van der Waals surface area contributed by atoms with Gasteiger partial charge in [0.15, 0.2) is 0 Å². The predicted molar refractivity (Wildman–Crippen MR) is 90.8 cm³/mol. The lowest BCUT2D eigenvalue weighted by atomic mass is 10.3. The van der Waals surface area contributed by atoms with E-state index in [1.54, 1.807) is 4.57 Å². The molecule has 0 amide bonds. The molecule has 0 aliphatic carbocycles. The van der Waals surface area contributed by atoms with E-state index in [9.17, 15) is 14.9 Å². The number of fused-ring (bicyclic) bond motifs is 1. The van der Waals surface area contributed by atoms with Gasteiger partial charge in [0.2, 0.25) is 0 Å². The number of nitrogens with zero attached hydrogens (tertiary/aromatic N) is 2. The molecule has 3 rings (SSSR count). The van der Waals surface area contributed by atoms with E-state index in [-0.39, 0.29) is 16.4 Å². The number of nitro groups is 1. The molecule has 3 aromatic rings. The van der Waals surface area contributed by atoms with Crippen LogP contribution in [-0.2, 0) is 6.54 Å². The van der Waals surface area contributed by atoms with E-state index in [4.69, 9.17) is 16.3 Å². The fraction of sp³-hybridized carbons (Fsp3) is 0.188. The van der Waals surface area contributed by atoms with E-state index in [0.717, 1.165) is 11.0 Å². The topological polar surface area (TPSA) is 90.2 Å². The first-order chi connectivity index (χ1) is 11.6. The highest BCUT2D eigenvalue weighted by Crippen LogP contribution is 2.28. The molecule has 0 bridgehead atoms. The van der Waals surface area contributed by atoms with Crippen LogP contribution in [0, 0.1) is 10.1 Å². The van der Waals surface area contributed by atoms with Crippen LogP contribution < -0.4 is 10.4 Å². The van der Waals surface area contributed by atoms with Crippen LogP contribution in [-0.4, -0.2) is 21.1 Å². The minimum absolute atomic E-state index is 0.0855.